The second-order valence-corrected chi connectivity index (χ2v) is 9.42. The highest BCUT2D eigenvalue weighted by molar-refractivity contribution is 7.89. The van der Waals surface area contributed by atoms with Crippen molar-refractivity contribution in [3.05, 3.63) is 47.4 Å². The zero-order valence-corrected chi connectivity index (χ0v) is 18.1. The number of piperazine rings is 1. The highest BCUT2D eigenvalue weighted by Gasteiger charge is 2.33. The summed E-state index contributed by atoms with van der Waals surface area (Å²) in [6.45, 7) is 2.31. The maximum atomic E-state index is 13.2. The van der Waals surface area contributed by atoms with Gasteiger partial charge >= 0.3 is 0 Å². The van der Waals surface area contributed by atoms with E-state index in [9.17, 15) is 18.0 Å². The van der Waals surface area contributed by atoms with Crippen LogP contribution in [-0.4, -0.2) is 61.7 Å². The molecule has 1 aromatic heterocycles. The molecule has 9 nitrogen and oxygen atoms in total. The van der Waals surface area contributed by atoms with Crippen LogP contribution in [0.1, 0.15) is 12.7 Å². The topological polar surface area (TPSA) is 109 Å². The average Bonchev–Trinajstić information content (AvgIpc) is 3.26. The summed E-state index contributed by atoms with van der Waals surface area (Å²) >= 11 is 6.22. The number of carbonyl (C=O) groups is 2. The summed E-state index contributed by atoms with van der Waals surface area (Å²) in [6, 6.07) is 6.14. The molecule has 1 fully saturated rings. The van der Waals surface area contributed by atoms with E-state index in [-0.39, 0.29) is 53.7 Å². The maximum Gasteiger partial charge on any atom is 0.265 e. The number of rotatable bonds is 4. The van der Waals surface area contributed by atoms with E-state index >= 15 is 0 Å². The van der Waals surface area contributed by atoms with Gasteiger partial charge in [-0.15, -0.1) is 0 Å². The van der Waals surface area contributed by atoms with Crippen LogP contribution in [-0.2, 0) is 19.6 Å². The lowest BCUT2D eigenvalue weighted by Crippen LogP contribution is -2.50. The summed E-state index contributed by atoms with van der Waals surface area (Å²) in [4.78, 5) is 25.6. The van der Waals surface area contributed by atoms with Crippen LogP contribution < -0.4 is 10.1 Å². The molecular weight excluding hydrogens is 446 g/mol. The molecule has 0 bridgehead atoms. The Morgan fingerprint density at radius 1 is 1.26 bits per heavy atom. The zero-order chi connectivity index (χ0) is 22.2. The number of nitrogens with one attached hydrogen (secondary N) is 1. The molecule has 1 aromatic carbocycles. The molecule has 2 aromatic rings. The van der Waals surface area contributed by atoms with Crippen LogP contribution in [0.5, 0.6) is 5.75 Å². The fourth-order valence-electron chi connectivity index (χ4n) is 3.34. The van der Waals surface area contributed by atoms with Crippen molar-refractivity contribution < 1.29 is 27.2 Å². The Morgan fingerprint density at radius 2 is 2.00 bits per heavy atom. The minimum absolute atomic E-state index is 0.0166. The number of furan rings is 1. The first-order valence-electron chi connectivity index (χ1n) is 9.57. The van der Waals surface area contributed by atoms with Gasteiger partial charge in [-0.25, -0.2) is 8.42 Å². The maximum absolute atomic E-state index is 13.2. The normalized spacial score (nSPS) is 19.7. The van der Waals surface area contributed by atoms with Gasteiger partial charge in [0.1, 0.15) is 16.4 Å². The van der Waals surface area contributed by atoms with Gasteiger partial charge in [0.2, 0.25) is 15.9 Å². The fourth-order valence-corrected chi connectivity index (χ4v) is 5.28. The van der Waals surface area contributed by atoms with Crippen molar-refractivity contribution in [2.45, 2.75) is 17.9 Å². The molecule has 1 unspecified atom stereocenters. The van der Waals surface area contributed by atoms with E-state index in [0.29, 0.717) is 11.4 Å². The van der Waals surface area contributed by atoms with E-state index in [4.69, 9.17) is 20.8 Å². The Kier molecular flexibility index (Phi) is 5.78. The molecule has 0 spiro atoms. The van der Waals surface area contributed by atoms with Gasteiger partial charge in [0.25, 0.3) is 5.91 Å². The predicted molar refractivity (Wildman–Crippen MR) is 113 cm³/mol. The van der Waals surface area contributed by atoms with Gasteiger partial charge in [-0.3, -0.25) is 9.59 Å². The molecule has 2 amide bonds. The Hall–Kier alpha value is -2.82. The van der Waals surface area contributed by atoms with Crippen LogP contribution in [0.2, 0.25) is 5.02 Å². The number of hydrogen-bond donors (Lipinski definition) is 1. The molecule has 2 aliphatic heterocycles. The number of sulfonamides is 1. The molecular formula is C20H20ClN3O6S. The molecule has 0 saturated carbocycles. The van der Waals surface area contributed by atoms with Crippen molar-refractivity contribution in [3.8, 4) is 5.75 Å². The summed E-state index contributed by atoms with van der Waals surface area (Å²) in [6.07, 6.45) is 3.74. The third-order valence-corrected chi connectivity index (χ3v) is 7.43. The quantitative estimate of drug-likeness (QED) is 0.693. The van der Waals surface area contributed by atoms with E-state index < -0.39 is 16.1 Å². The Bertz CT molecular complexity index is 1140. The summed E-state index contributed by atoms with van der Waals surface area (Å²) in [5.74, 6) is 0.246. The van der Waals surface area contributed by atoms with E-state index in [1.165, 1.54) is 28.8 Å². The summed E-state index contributed by atoms with van der Waals surface area (Å²) in [5, 5.41) is 2.62. The number of carbonyl (C=O) groups excluding carboxylic acids is 2. The van der Waals surface area contributed by atoms with Crippen molar-refractivity contribution in [3.63, 3.8) is 0 Å². The monoisotopic (exact) mass is 465 g/mol. The molecule has 2 aliphatic rings. The van der Waals surface area contributed by atoms with E-state index in [2.05, 4.69) is 5.32 Å². The molecule has 3 heterocycles. The minimum Gasteiger partial charge on any atom is -0.479 e. The van der Waals surface area contributed by atoms with E-state index in [0.717, 1.165) is 0 Å². The molecule has 4 rings (SSSR count). The third kappa shape index (κ3) is 4.32. The van der Waals surface area contributed by atoms with E-state index in [1.807, 2.05) is 0 Å². The van der Waals surface area contributed by atoms with Gasteiger partial charge in [0.05, 0.1) is 17.0 Å². The fraction of sp³-hybridized carbons (Fsp3) is 0.300. The van der Waals surface area contributed by atoms with Crippen LogP contribution in [0.3, 0.4) is 0 Å². The second-order valence-electron chi connectivity index (χ2n) is 7.11. The predicted octanol–water partition coefficient (Wildman–Crippen LogP) is 2.20. The van der Waals surface area contributed by atoms with Crippen LogP contribution in [0, 0.1) is 0 Å². The molecule has 1 saturated heterocycles. The largest absolute Gasteiger partial charge is 0.479 e. The van der Waals surface area contributed by atoms with Gasteiger partial charge in [-0.1, -0.05) is 11.6 Å². The summed E-state index contributed by atoms with van der Waals surface area (Å²) < 4.78 is 38.3. The first-order chi connectivity index (χ1) is 14.8. The molecule has 1 N–H and O–H groups in total. The smallest absolute Gasteiger partial charge is 0.265 e. The van der Waals surface area contributed by atoms with Crippen LogP contribution in [0.15, 0.2) is 45.9 Å². The standard InChI is InChI=1S/C20H20ClN3O6S/c1-13-20(26)22-16-11-15(21)18(12-17(16)30-13)31(27,28)24-8-6-23(7-9-24)19(25)5-4-14-3-2-10-29-14/h2-5,10-13H,6-9H2,1H3,(H,22,26). The summed E-state index contributed by atoms with van der Waals surface area (Å²) in [7, 11) is -3.92. The van der Waals surface area contributed by atoms with Crippen molar-refractivity contribution in [1.82, 2.24) is 9.21 Å². The number of ether oxygens (including phenoxy) is 1. The molecule has 11 heteroatoms. The second kappa shape index (κ2) is 8.37. The number of benzene rings is 1. The van der Waals surface area contributed by atoms with Gasteiger partial charge in [-0.2, -0.15) is 4.31 Å². The van der Waals surface area contributed by atoms with Crippen LogP contribution in [0.25, 0.3) is 6.08 Å². The Balaban J connectivity index is 1.46. The lowest BCUT2D eigenvalue weighted by atomic mass is 10.2. The molecule has 31 heavy (non-hydrogen) atoms. The average molecular weight is 466 g/mol. The molecule has 164 valence electrons. The number of amides is 2. The van der Waals surface area contributed by atoms with Gasteiger partial charge in [0.15, 0.2) is 6.10 Å². The highest BCUT2D eigenvalue weighted by Crippen LogP contribution is 2.38. The SMILES string of the molecule is CC1Oc2cc(S(=O)(=O)N3CCN(C(=O)C=Cc4ccco4)CC3)c(Cl)cc2NC1=O. The molecule has 0 radical (unpaired) electrons. The third-order valence-electron chi connectivity index (χ3n) is 5.07. The Labute approximate surface area is 184 Å². The van der Waals surface area contributed by atoms with Crippen molar-refractivity contribution >= 4 is 45.2 Å². The van der Waals surface area contributed by atoms with E-state index in [1.54, 1.807) is 30.0 Å². The van der Waals surface area contributed by atoms with Crippen molar-refractivity contribution in [1.29, 1.82) is 0 Å². The van der Waals surface area contributed by atoms with Gasteiger partial charge in [0, 0.05) is 38.3 Å². The van der Waals surface area contributed by atoms with Crippen molar-refractivity contribution in [2.24, 2.45) is 0 Å². The number of nitrogens with zero attached hydrogens (tertiary/aromatic N) is 2. The molecule has 1 atom stereocenters. The highest BCUT2D eigenvalue weighted by atomic mass is 35.5. The lowest BCUT2D eigenvalue weighted by Gasteiger charge is -2.34. The Morgan fingerprint density at radius 3 is 2.68 bits per heavy atom. The van der Waals surface area contributed by atoms with Gasteiger partial charge < -0.3 is 19.4 Å². The number of halogens is 1. The minimum atomic E-state index is -3.92. The van der Waals surface area contributed by atoms with Crippen molar-refractivity contribution in [2.75, 3.05) is 31.5 Å². The van der Waals surface area contributed by atoms with Gasteiger partial charge in [-0.05, 0) is 31.2 Å². The molecule has 0 aliphatic carbocycles. The number of anilines is 1. The number of fused-ring (bicyclic) bond motifs is 1. The lowest BCUT2D eigenvalue weighted by molar-refractivity contribution is -0.127. The zero-order valence-electron chi connectivity index (χ0n) is 16.6. The summed E-state index contributed by atoms with van der Waals surface area (Å²) in [5.41, 5.74) is 0.325. The first kappa shape index (κ1) is 21.4. The van der Waals surface area contributed by atoms with Crippen LogP contribution in [0.4, 0.5) is 5.69 Å². The number of hydrogen-bond acceptors (Lipinski definition) is 6. The van der Waals surface area contributed by atoms with Crippen LogP contribution >= 0.6 is 11.6 Å². The first-order valence-corrected chi connectivity index (χ1v) is 11.4.